The fourth-order valence-electron chi connectivity index (χ4n) is 6.03. The van der Waals surface area contributed by atoms with E-state index in [9.17, 15) is 49.4 Å². The van der Waals surface area contributed by atoms with Gasteiger partial charge in [-0.1, -0.05) is 40.5 Å². The van der Waals surface area contributed by atoms with Crippen LogP contribution in [-0.2, 0) is 34.5 Å². The maximum atomic E-state index is 13.1. The van der Waals surface area contributed by atoms with Crippen LogP contribution >= 0.6 is 31.0 Å². The van der Waals surface area contributed by atoms with Crippen LogP contribution in [0.25, 0.3) is 10.8 Å². The molecule has 23 heteroatoms. The quantitative estimate of drug-likeness (QED) is 0.0542. The van der Waals surface area contributed by atoms with Crippen molar-refractivity contribution < 1.29 is 67.9 Å². The number of carbonyl (C=O) groups excluding carboxylic acids is 1. The summed E-state index contributed by atoms with van der Waals surface area (Å²) in [5, 5.41) is 57.3. The summed E-state index contributed by atoms with van der Waals surface area (Å²) in [6.45, 7) is -1.77. The molecule has 0 radical (unpaired) electrons. The van der Waals surface area contributed by atoms with Crippen LogP contribution in [0.1, 0.15) is 40.6 Å². The molecule has 2 fully saturated rings. The van der Waals surface area contributed by atoms with Crippen molar-refractivity contribution in [2.75, 3.05) is 20.3 Å². The Morgan fingerprint density at radius 3 is 2.58 bits per heavy atom. The maximum absolute atomic E-state index is 13.1. The predicted molar refractivity (Wildman–Crippen MR) is 196 cm³/mol. The van der Waals surface area contributed by atoms with Gasteiger partial charge in [0.25, 0.3) is 19.3 Å². The van der Waals surface area contributed by atoms with E-state index in [0.29, 0.717) is 10.8 Å². The number of phenolic OH excluding ortho intramolecular Hbond substituents is 3. The van der Waals surface area contributed by atoms with E-state index in [0.717, 1.165) is 17.0 Å². The molecule has 1 amide bonds. The number of ether oxygens (including phenoxy) is 3. The highest BCUT2D eigenvalue weighted by molar-refractivity contribution is 7.45. The number of fused-ring (bicyclic) bond motifs is 1. The van der Waals surface area contributed by atoms with Gasteiger partial charge in [0.1, 0.15) is 23.8 Å². The fraction of sp³-hybridized carbons (Fsp3) is 0.353. The summed E-state index contributed by atoms with van der Waals surface area (Å²) in [4.78, 5) is 59.3. The van der Waals surface area contributed by atoms with E-state index < -0.39 is 93.2 Å². The number of halogens is 2. The number of benzene rings is 3. The molecule has 2 aliphatic rings. The number of aromatic amines is 1. The van der Waals surface area contributed by atoms with Crippen molar-refractivity contribution in [2.45, 2.75) is 50.4 Å². The number of H-pyrrole nitrogens is 1. The Labute approximate surface area is 330 Å². The van der Waals surface area contributed by atoms with Crippen molar-refractivity contribution in [1.82, 2.24) is 14.9 Å². The SMILES string of the molecule is COc1cc(Cl)c(/C=N/O[C@@H]2C[C@H](n3cc(CNC(=O)c4cc5c(O)cccc5cc4O)c(=O)[nH]c3=O)O[C@@H]2COP(=O)([O-])OC[C@@H]2C[C@H](O)O[C@@H]2O)c(Cl)c1O. The molecule has 7 atom stereocenters. The fourth-order valence-corrected chi connectivity index (χ4v) is 7.34. The van der Waals surface area contributed by atoms with Gasteiger partial charge in [-0.2, -0.15) is 0 Å². The molecule has 0 aliphatic carbocycles. The summed E-state index contributed by atoms with van der Waals surface area (Å²) < 4.78 is 39.3. The number of nitrogens with one attached hydrogen (secondary N) is 2. The lowest BCUT2D eigenvalue weighted by atomic mass is 10.0. The highest BCUT2D eigenvalue weighted by Crippen LogP contribution is 2.43. The number of phosphoric acid groups is 1. The van der Waals surface area contributed by atoms with Crippen molar-refractivity contribution in [3.8, 4) is 23.0 Å². The minimum absolute atomic E-state index is 0.0138. The van der Waals surface area contributed by atoms with Crippen LogP contribution in [0.15, 0.2) is 57.3 Å². The number of nitrogens with zero attached hydrogens (tertiary/aromatic N) is 2. The predicted octanol–water partition coefficient (Wildman–Crippen LogP) is 1.93. The summed E-state index contributed by atoms with van der Waals surface area (Å²) in [5.41, 5.74) is -2.12. The molecule has 6 rings (SSSR count). The number of hydrogen-bond donors (Lipinski definition) is 7. The zero-order valence-electron chi connectivity index (χ0n) is 29.4. The Morgan fingerprint density at radius 1 is 1.11 bits per heavy atom. The van der Waals surface area contributed by atoms with E-state index in [2.05, 4.69) is 15.5 Å². The third kappa shape index (κ3) is 9.53. The molecule has 20 nitrogen and oxygen atoms in total. The Bertz CT molecular complexity index is 2360. The summed E-state index contributed by atoms with van der Waals surface area (Å²) in [6, 6.07) is 8.44. The highest BCUT2D eigenvalue weighted by Gasteiger charge is 2.40. The molecular weight excluding hydrogens is 822 g/mol. The van der Waals surface area contributed by atoms with Crippen molar-refractivity contribution in [3.63, 3.8) is 0 Å². The molecule has 0 saturated carbocycles. The maximum Gasteiger partial charge on any atom is 0.330 e. The third-order valence-corrected chi connectivity index (χ3v) is 10.7. The van der Waals surface area contributed by atoms with E-state index in [1.165, 1.54) is 31.4 Å². The molecular formula is C34H34Cl2N4O16P-. The van der Waals surface area contributed by atoms with Gasteiger partial charge in [0.15, 0.2) is 30.2 Å². The second-order valence-electron chi connectivity index (χ2n) is 12.8. The van der Waals surface area contributed by atoms with E-state index in [-0.39, 0.29) is 51.1 Å². The standard InChI is InChI=1S/C34H35Cl2N4O16P/c1-51-25-8-21(35)20(29(36)30(25)44)11-38-56-24-9-27(54-26(24)14-53-57(49,50)52-13-16-6-28(43)55-33(16)47)40-12-17(31(45)39-34(40)48)10-37-32(46)19-7-18-15(5-23(19)42)3-2-4-22(18)41/h2-5,7-8,11-12,16,24,26-28,33,41-44,47H,6,9-10,13-14H2,1H3,(H,37,46)(H,49,50)(H,39,45,48)/p-1/b38-11+/t16-,24+,26+,27+,28+,33-/m0/s1. The monoisotopic (exact) mass is 855 g/mol. The molecule has 1 unspecified atom stereocenters. The zero-order chi connectivity index (χ0) is 41.2. The lowest BCUT2D eigenvalue weighted by Crippen LogP contribution is -2.36. The molecule has 3 aromatic carbocycles. The molecule has 2 aliphatic heterocycles. The van der Waals surface area contributed by atoms with Crippen molar-refractivity contribution in [2.24, 2.45) is 11.1 Å². The Balaban J connectivity index is 1.20. The zero-order valence-corrected chi connectivity index (χ0v) is 31.8. The Kier molecular flexibility index (Phi) is 12.8. The van der Waals surface area contributed by atoms with Gasteiger partial charge in [0.2, 0.25) is 0 Å². The second kappa shape index (κ2) is 17.4. The molecule has 1 aromatic heterocycles. The number of carbonyl (C=O) groups is 1. The number of phenols is 3. The first-order valence-electron chi connectivity index (χ1n) is 16.8. The lowest BCUT2D eigenvalue weighted by molar-refractivity contribution is -0.231. The van der Waals surface area contributed by atoms with Crippen LogP contribution in [0.3, 0.4) is 0 Å². The summed E-state index contributed by atoms with van der Waals surface area (Å²) in [6.07, 6.45) is -4.63. The first-order chi connectivity index (χ1) is 27.0. The van der Waals surface area contributed by atoms with Gasteiger partial charge in [-0.15, -0.1) is 0 Å². The number of aromatic nitrogens is 2. The average Bonchev–Trinajstić information content (AvgIpc) is 3.72. The number of aliphatic hydroxyl groups is 2. The second-order valence-corrected chi connectivity index (χ2v) is 15.0. The van der Waals surface area contributed by atoms with Gasteiger partial charge in [-0.3, -0.25) is 23.7 Å². The number of oxime groups is 1. The summed E-state index contributed by atoms with van der Waals surface area (Å²) in [7, 11) is -3.80. The minimum atomic E-state index is -5.08. The first-order valence-corrected chi connectivity index (χ1v) is 19.1. The Hall–Kier alpha value is -4.73. The number of aromatic hydroxyl groups is 3. The van der Waals surface area contributed by atoms with Gasteiger partial charge >= 0.3 is 5.69 Å². The van der Waals surface area contributed by atoms with Crippen molar-refractivity contribution in [3.05, 3.63) is 90.2 Å². The molecule has 57 heavy (non-hydrogen) atoms. The van der Waals surface area contributed by atoms with E-state index in [1.54, 1.807) is 12.1 Å². The number of rotatable bonds is 14. The van der Waals surface area contributed by atoms with Gasteiger partial charge in [0.05, 0.1) is 54.3 Å². The van der Waals surface area contributed by atoms with E-state index in [1.807, 2.05) is 0 Å². The van der Waals surface area contributed by atoms with Crippen LogP contribution in [0.4, 0.5) is 0 Å². The minimum Gasteiger partial charge on any atom is -0.756 e. The van der Waals surface area contributed by atoms with Crippen LogP contribution in [0, 0.1) is 5.92 Å². The van der Waals surface area contributed by atoms with Gasteiger partial charge in [0, 0.05) is 42.0 Å². The van der Waals surface area contributed by atoms with E-state index >= 15 is 0 Å². The highest BCUT2D eigenvalue weighted by atomic mass is 35.5. The average molecular weight is 857 g/mol. The van der Waals surface area contributed by atoms with Crippen LogP contribution in [0.2, 0.25) is 10.0 Å². The Morgan fingerprint density at radius 2 is 1.86 bits per heavy atom. The normalized spacial score (nSPS) is 23.2. The number of methoxy groups -OCH3 is 1. The molecule has 2 saturated heterocycles. The summed E-state index contributed by atoms with van der Waals surface area (Å²) >= 11 is 12.5. The first kappa shape index (κ1) is 41.9. The molecule has 3 heterocycles. The molecule has 0 spiro atoms. The molecule has 0 bridgehead atoms. The van der Waals surface area contributed by atoms with Crippen LogP contribution in [0.5, 0.6) is 23.0 Å². The van der Waals surface area contributed by atoms with Crippen molar-refractivity contribution >= 4 is 53.9 Å². The number of aliphatic hydroxyl groups excluding tert-OH is 2. The largest absolute Gasteiger partial charge is 0.756 e. The van der Waals surface area contributed by atoms with Crippen molar-refractivity contribution in [1.29, 1.82) is 0 Å². The van der Waals surface area contributed by atoms with Gasteiger partial charge < -0.3 is 63.8 Å². The smallest absolute Gasteiger partial charge is 0.330 e. The number of phosphoric ester groups is 1. The number of hydrogen-bond acceptors (Lipinski definition) is 17. The topological polar surface area (TPSA) is 293 Å². The van der Waals surface area contributed by atoms with Crippen LogP contribution < -0.4 is 26.2 Å². The van der Waals surface area contributed by atoms with Gasteiger partial charge in [-0.25, -0.2) is 4.79 Å². The number of amides is 1. The molecule has 7 N–H and O–H groups in total. The lowest BCUT2D eigenvalue weighted by Gasteiger charge is -2.26. The van der Waals surface area contributed by atoms with Crippen LogP contribution in [-0.4, -0.2) is 92.3 Å². The summed E-state index contributed by atoms with van der Waals surface area (Å²) in [5.74, 6) is -2.66. The van der Waals surface area contributed by atoms with Gasteiger partial charge in [-0.05, 0) is 23.6 Å². The van der Waals surface area contributed by atoms with E-state index in [4.69, 9.17) is 51.3 Å². The third-order valence-electron chi connectivity index (χ3n) is 9.03. The molecule has 4 aromatic rings. The molecule has 306 valence electrons.